The summed E-state index contributed by atoms with van der Waals surface area (Å²) in [5.41, 5.74) is 5.91. The Labute approximate surface area is 136 Å². The second kappa shape index (κ2) is 7.65. The minimum absolute atomic E-state index is 0.168. The zero-order valence-electron chi connectivity index (χ0n) is 12.0. The lowest BCUT2D eigenvalue weighted by Gasteiger charge is -2.07. The molecular formula is C15H16BrN3O3. The van der Waals surface area contributed by atoms with E-state index in [-0.39, 0.29) is 12.3 Å². The summed E-state index contributed by atoms with van der Waals surface area (Å²) in [4.78, 5) is 26.3. The summed E-state index contributed by atoms with van der Waals surface area (Å²) >= 11 is 3.23. The third-order valence-electron chi connectivity index (χ3n) is 2.81. The van der Waals surface area contributed by atoms with Gasteiger partial charge in [0.2, 0.25) is 5.91 Å². The molecule has 0 bridgehead atoms. The number of aromatic nitrogens is 1. The Balaban J connectivity index is 1.81. The Morgan fingerprint density at radius 2 is 1.95 bits per heavy atom. The van der Waals surface area contributed by atoms with Crippen LogP contribution >= 0.6 is 15.9 Å². The third kappa shape index (κ3) is 4.63. The van der Waals surface area contributed by atoms with Gasteiger partial charge >= 0.3 is 0 Å². The van der Waals surface area contributed by atoms with Gasteiger partial charge in [0.15, 0.2) is 0 Å². The third-order valence-corrected chi connectivity index (χ3v) is 3.26. The first-order valence-corrected chi connectivity index (χ1v) is 7.52. The molecule has 0 unspecified atom stereocenters. The van der Waals surface area contributed by atoms with E-state index in [2.05, 4.69) is 31.8 Å². The number of H-pyrrole nitrogens is 1. The zero-order valence-corrected chi connectivity index (χ0v) is 13.6. The van der Waals surface area contributed by atoms with Crippen LogP contribution in [0.25, 0.3) is 0 Å². The van der Waals surface area contributed by atoms with Crippen molar-refractivity contribution in [2.24, 2.45) is 0 Å². The molecule has 2 amide bonds. The van der Waals surface area contributed by atoms with E-state index in [1.54, 1.807) is 24.4 Å². The predicted octanol–water partition coefficient (Wildman–Crippen LogP) is 2.18. The molecule has 1 aromatic carbocycles. The highest BCUT2D eigenvalue weighted by atomic mass is 79.9. The Morgan fingerprint density at radius 3 is 2.55 bits per heavy atom. The number of aromatic amines is 1. The molecule has 0 aliphatic carbocycles. The molecule has 2 rings (SSSR count). The Kier molecular flexibility index (Phi) is 5.60. The van der Waals surface area contributed by atoms with Crippen molar-refractivity contribution in [3.63, 3.8) is 0 Å². The van der Waals surface area contributed by atoms with E-state index in [1.165, 1.54) is 0 Å². The maximum atomic E-state index is 11.8. The highest BCUT2D eigenvalue weighted by Gasteiger charge is 2.09. The monoisotopic (exact) mass is 365 g/mol. The fourth-order valence-corrected chi connectivity index (χ4v) is 2.14. The first kappa shape index (κ1) is 16.1. The summed E-state index contributed by atoms with van der Waals surface area (Å²) in [6.45, 7) is 2.51. The van der Waals surface area contributed by atoms with Crippen LogP contribution < -0.4 is 15.6 Å². The smallest absolute Gasteiger partial charge is 0.286 e. The van der Waals surface area contributed by atoms with Crippen LogP contribution in [0.4, 0.5) is 0 Å². The molecule has 6 nitrogen and oxygen atoms in total. The van der Waals surface area contributed by atoms with E-state index in [0.29, 0.717) is 12.3 Å². The average Bonchev–Trinajstić information content (AvgIpc) is 2.94. The van der Waals surface area contributed by atoms with Crippen LogP contribution in [0.1, 0.15) is 23.0 Å². The Hall–Kier alpha value is -2.28. The molecule has 1 aromatic heterocycles. The molecule has 22 heavy (non-hydrogen) atoms. The Morgan fingerprint density at radius 1 is 1.23 bits per heavy atom. The molecule has 3 N–H and O–H groups in total. The van der Waals surface area contributed by atoms with Gasteiger partial charge < -0.3 is 9.72 Å². The summed E-state index contributed by atoms with van der Waals surface area (Å²) in [7, 11) is 0. The number of benzene rings is 1. The number of ether oxygens (including phenoxy) is 1. The van der Waals surface area contributed by atoms with E-state index >= 15 is 0 Å². The molecule has 0 aliphatic heterocycles. The van der Waals surface area contributed by atoms with Crippen molar-refractivity contribution in [1.82, 2.24) is 15.8 Å². The fraction of sp³-hybridized carbons (Fsp3) is 0.200. The average molecular weight is 366 g/mol. The van der Waals surface area contributed by atoms with Crippen LogP contribution in [0.15, 0.2) is 41.0 Å². The predicted molar refractivity (Wildman–Crippen MR) is 85.4 cm³/mol. The van der Waals surface area contributed by atoms with E-state index in [4.69, 9.17) is 4.74 Å². The molecule has 116 valence electrons. The molecule has 0 aliphatic rings. The van der Waals surface area contributed by atoms with E-state index in [0.717, 1.165) is 15.8 Å². The summed E-state index contributed by atoms with van der Waals surface area (Å²) in [6, 6.07) is 8.86. The minimum atomic E-state index is -0.411. The SMILES string of the molecule is CCOc1ccc(CC(=O)NNC(=O)c2cc(Br)c[nH]2)cc1. The van der Waals surface area contributed by atoms with Gasteiger partial charge in [-0.3, -0.25) is 20.4 Å². The lowest BCUT2D eigenvalue weighted by Crippen LogP contribution is -2.42. The minimum Gasteiger partial charge on any atom is -0.494 e. The summed E-state index contributed by atoms with van der Waals surface area (Å²) in [5.74, 6) is 0.0474. The largest absolute Gasteiger partial charge is 0.494 e. The van der Waals surface area contributed by atoms with Gasteiger partial charge in [-0.2, -0.15) is 0 Å². The number of carbonyl (C=O) groups excluding carboxylic acids is 2. The van der Waals surface area contributed by atoms with Crippen LogP contribution in [-0.2, 0) is 11.2 Å². The number of rotatable bonds is 5. The van der Waals surface area contributed by atoms with Gasteiger partial charge in [-0.1, -0.05) is 12.1 Å². The molecule has 0 fully saturated rings. The lowest BCUT2D eigenvalue weighted by atomic mass is 10.1. The molecule has 0 atom stereocenters. The van der Waals surface area contributed by atoms with Gasteiger partial charge in [-0.25, -0.2) is 0 Å². The van der Waals surface area contributed by atoms with Crippen LogP contribution in [0.3, 0.4) is 0 Å². The fourth-order valence-electron chi connectivity index (χ4n) is 1.79. The van der Waals surface area contributed by atoms with Crippen molar-refractivity contribution in [3.8, 4) is 5.75 Å². The van der Waals surface area contributed by atoms with Crippen LogP contribution in [0.5, 0.6) is 5.75 Å². The number of hydrogen-bond donors (Lipinski definition) is 3. The molecule has 1 heterocycles. The van der Waals surface area contributed by atoms with E-state index in [1.807, 2.05) is 19.1 Å². The topological polar surface area (TPSA) is 83.2 Å². The van der Waals surface area contributed by atoms with Crippen molar-refractivity contribution >= 4 is 27.7 Å². The second-order valence-electron chi connectivity index (χ2n) is 4.49. The summed E-state index contributed by atoms with van der Waals surface area (Å²) in [5, 5.41) is 0. The highest BCUT2D eigenvalue weighted by Crippen LogP contribution is 2.12. The van der Waals surface area contributed by atoms with Crippen molar-refractivity contribution < 1.29 is 14.3 Å². The molecule has 0 saturated heterocycles. The first-order valence-electron chi connectivity index (χ1n) is 6.73. The maximum Gasteiger partial charge on any atom is 0.286 e. The molecule has 2 aromatic rings. The van der Waals surface area contributed by atoms with E-state index < -0.39 is 5.91 Å². The second-order valence-corrected chi connectivity index (χ2v) is 5.40. The first-order chi connectivity index (χ1) is 10.6. The number of amides is 2. The maximum absolute atomic E-state index is 11.8. The molecule has 0 radical (unpaired) electrons. The Bertz CT molecular complexity index is 652. The summed E-state index contributed by atoms with van der Waals surface area (Å²) in [6.07, 6.45) is 1.80. The lowest BCUT2D eigenvalue weighted by molar-refractivity contribution is -0.121. The van der Waals surface area contributed by atoms with Crippen molar-refractivity contribution in [1.29, 1.82) is 0 Å². The van der Waals surface area contributed by atoms with Gasteiger partial charge in [-0.15, -0.1) is 0 Å². The number of hydrazine groups is 1. The van der Waals surface area contributed by atoms with Crippen molar-refractivity contribution in [2.75, 3.05) is 6.61 Å². The molecule has 0 spiro atoms. The van der Waals surface area contributed by atoms with Gasteiger partial charge in [0.1, 0.15) is 11.4 Å². The summed E-state index contributed by atoms with van der Waals surface area (Å²) < 4.78 is 6.09. The quantitative estimate of drug-likeness (QED) is 0.710. The number of nitrogens with one attached hydrogen (secondary N) is 3. The van der Waals surface area contributed by atoms with Crippen molar-refractivity contribution in [2.45, 2.75) is 13.3 Å². The van der Waals surface area contributed by atoms with Crippen LogP contribution in [0.2, 0.25) is 0 Å². The van der Waals surface area contributed by atoms with Crippen molar-refractivity contribution in [3.05, 3.63) is 52.3 Å². The standard InChI is InChI=1S/C15H16BrN3O3/c1-2-22-12-5-3-10(4-6-12)7-14(20)18-19-15(21)13-8-11(16)9-17-13/h3-6,8-9,17H,2,7H2,1H3,(H,18,20)(H,19,21). The van der Waals surface area contributed by atoms with Gasteiger partial charge in [0.05, 0.1) is 13.0 Å². The molecule has 7 heteroatoms. The van der Waals surface area contributed by atoms with Crippen LogP contribution in [0, 0.1) is 0 Å². The highest BCUT2D eigenvalue weighted by molar-refractivity contribution is 9.10. The van der Waals surface area contributed by atoms with Crippen LogP contribution in [-0.4, -0.2) is 23.4 Å². The number of carbonyl (C=O) groups is 2. The molecular weight excluding hydrogens is 350 g/mol. The van der Waals surface area contributed by atoms with Gasteiger partial charge in [0, 0.05) is 10.7 Å². The van der Waals surface area contributed by atoms with Gasteiger partial charge in [-0.05, 0) is 46.6 Å². The zero-order chi connectivity index (χ0) is 15.9. The normalized spacial score (nSPS) is 10.1. The number of halogens is 1. The molecule has 0 saturated carbocycles. The number of hydrogen-bond acceptors (Lipinski definition) is 3. The van der Waals surface area contributed by atoms with Gasteiger partial charge in [0.25, 0.3) is 5.91 Å². The van der Waals surface area contributed by atoms with E-state index in [9.17, 15) is 9.59 Å².